The molecule has 0 unspecified atom stereocenters. The number of hydrogen-bond donors (Lipinski definition) is 1. The SMILES string of the molecule is CC(=O)c1ccc(-c2cc(Nc3nccc4ccccc34)ncn2)cc1. The lowest BCUT2D eigenvalue weighted by Crippen LogP contribution is -1.98. The van der Waals surface area contributed by atoms with Crippen molar-refractivity contribution in [3.8, 4) is 11.3 Å². The van der Waals surface area contributed by atoms with Gasteiger partial charge >= 0.3 is 0 Å². The van der Waals surface area contributed by atoms with Crippen LogP contribution in [-0.2, 0) is 0 Å². The monoisotopic (exact) mass is 340 g/mol. The van der Waals surface area contributed by atoms with E-state index < -0.39 is 0 Å². The van der Waals surface area contributed by atoms with Gasteiger partial charge in [0.1, 0.15) is 18.0 Å². The van der Waals surface area contributed by atoms with Crippen molar-refractivity contribution in [2.45, 2.75) is 6.92 Å². The van der Waals surface area contributed by atoms with Gasteiger partial charge in [-0.1, -0.05) is 48.5 Å². The van der Waals surface area contributed by atoms with Gasteiger partial charge in [0.25, 0.3) is 0 Å². The molecule has 0 radical (unpaired) electrons. The van der Waals surface area contributed by atoms with Crippen molar-refractivity contribution in [2.75, 3.05) is 5.32 Å². The molecule has 0 aliphatic rings. The Morgan fingerprint density at radius 3 is 2.54 bits per heavy atom. The summed E-state index contributed by atoms with van der Waals surface area (Å²) in [4.78, 5) is 24.5. The van der Waals surface area contributed by atoms with Gasteiger partial charge in [-0.25, -0.2) is 15.0 Å². The van der Waals surface area contributed by atoms with Crippen LogP contribution < -0.4 is 5.32 Å². The molecule has 5 heteroatoms. The Morgan fingerprint density at radius 1 is 0.923 bits per heavy atom. The Morgan fingerprint density at radius 2 is 1.73 bits per heavy atom. The molecule has 0 fully saturated rings. The molecule has 2 heterocycles. The first-order valence-corrected chi connectivity index (χ1v) is 8.25. The smallest absolute Gasteiger partial charge is 0.159 e. The number of ketones is 1. The summed E-state index contributed by atoms with van der Waals surface area (Å²) in [6.45, 7) is 1.55. The van der Waals surface area contributed by atoms with Gasteiger partial charge in [0, 0.05) is 28.8 Å². The molecule has 0 saturated heterocycles. The Labute approximate surface area is 150 Å². The number of nitrogens with one attached hydrogen (secondary N) is 1. The van der Waals surface area contributed by atoms with E-state index in [1.165, 1.54) is 6.33 Å². The van der Waals surface area contributed by atoms with Crippen molar-refractivity contribution in [1.82, 2.24) is 15.0 Å². The van der Waals surface area contributed by atoms with E-state index >= 15 is 0 Å². The maximum Gasteiger partial charge on any atom is 0.159 e. The molecular formula is C21H16N4O. The number of benzene rings is 2. The van der Waals surface area contributed by atoms with Crippen LogP contribution in [0, 0.1) is 0 Å². The molecular weight excluding hydrogens is 324 g/mol. The van der Waals surface area contributed by atoms with Crippen LogP contribution in [0.15, 0.2) is 73.2 Å². The predicted octanol–water partition coefficient (Wildman–Crippen LogP) is 4.64. The highest BCUT2D eigenvalue weighted by molar-refractivity contribution is 5.94. The van der Waals surface area contributed by atoms with Gasteiger partial charge in [-0.2, -0.15) is 0 Å². The molecule has 0 atom stereocenters. The Balaban J connectivity index is 1.66. The van der Waals surface area contributed by atoms with Crippen LogP contribution in [0.5, 0.6) is 0 Å². The lowest BCUT2D eigenvalue weighted by Gasteiger charge is -2.09. The highest BCUT2D eigenvalue weighted by Gasteiger charge is 2.07. The minimum atomic E-state index is 0.0450. The van der Waals surface area contributed by atoms with Crippen LogP contribution in [0.4, 0.5) is 11.6 Å². The minimum Gasteiger partial charge on any atom is -0.324 e. The second-order valence-electron chi connectivity index (χ2n) is 5.93. The van der Waals surface area contributed by atoms with Crippen LogP contribution in [0.3, 0.4) is 0 Å². The number of anilines is 2. The number of Topliss-reactive ketones (excluding diaryl/α,β-unsaturated/α-hetero) is 1. The zero-order chi connectivity index (χ0) is 17.9. The molecule has 2 aromatic heterocycles. The molecule has 5 nitrogen and oxygen atoms in total. The fourth-order valence-corrected chi connectivity index (χ4v) is 2.80. The van der Waals surface area contributed by atoms with Gasteiger partial charge in [0.05, 0.1) is 5.69 Å². The molecule has 0 bridgehead atoms. The van der Waals surface area contributed by atoms with Crippen LogP contribution in [-0.4, -0.2) is 20.7 Å². The summed E-state index contributed by atoms with van der Waals surface area (Å²) in [6, 6.07) is 19.3. The van der Waals surface area contributed by atoms with E-state index in [0.29, 0.717) is 11.4 Å². The molecule has 0 aliphatic carbocycles. The molecule has 0 saturated carbocycles. The summed E-state index contributed by atoms with van der Waals surface area (Å²) in [5.74, 6) is 1.46. The van der Waals surface area contributed by atoms with Crippen LogP contribution in [0.1, 0.15) is 17.3 Å². The summed E-state index contributed by atoms with van der Waals surface area (Å²) >= 11 is 0. The third kappa shape index (κ3) is 3.15. The lowest BCUT2D eigenvalue weighted by atomic mass is 10.1. The summed E-state index contributed by atoms with van der Waals surface area (Å²) in [5.41, 5.74) is 2.38. The average molecular weight is 340 g/mol. The van der Waals surface area contributed by atoms with Crippen LogP contribution in [0.25, 0.3) is 22.0 Å². The lowest BCUT2D eigenvalue weighted by molar-refractivity contribution is 0.101. The van der Waals surface area contributed by atoms with E-state index in [9.17, 15) is 4.79 Å². The first kappa shape index (κ1) is 15.9. The zero-order valence-electron chi connectivity index (χ0n) is 14.2. The molecule has 4 rings (SSSR count). The fraction of sp³-hybridized carbons (Fsp3) is 0.0476. The molecule has 26 heavy (non-hydrogen) atoms. The van der Waals surface area contributed by atoms with E-state index in [2.05, 4.69) is 20.3 Å². The van der Waals surface area contributed by atoms with E-state index in [4.69, 9.17) is 0 Å². The third-order valence-corrected chi connectivity index (χ3v) is 4.17. The quantitative estimate of drug-likeness (QED) is 0.548. The fourth-order valence-electron chi connectivity index (χ4n) is 2.80. The van der Waals surface area contributed by atoms with Gasteiger partial charge in [-0.05, 0) is 18.4 Å². The number of nitrogens with zero attached hydrogens (tertiary/aromatic N) is 3. The highest BCUT2D eigenvalue weighted by atomic mass is 16.1. The molecule has 0 aliphatic heterocycles. The van der Waals surface area contributed by atoms with Crippen LogP contribution >= 0.6 is 0 Å². The average Bonchev–Trinajstić information content (AvgIpc) is 2.69. The van der Waals surface area contributed by atoms with Crippen molar-refractivity contribution in [3.63, 3.8) is 0 Å². The first-order valence-electron chi connectivity index (χ1n) is 8.25. The Kier molecular flexibility index (Phi) is 4.11. The van der Waals surface area contributed by atoms with Crippen LogP contribution in [0.2, 0.25) is 0 Å². The van der Waals surface area contributed by atoms with E-state index in [-0.39, 0.29) is 5.78 Å². The van der Waals surface area contributed by atoms with Gasteiger partial charge in [-0.3, -0.25) is 4.79 Å². The summed E-state index contributed by atoms with van der Waals surface area (Å²) in [6.07, 6.45) is 3.29. The molecule has 1 N–H and O–H groups in total. The second-order valence-corrected chi connectivity index (χ2v) is 5.93. The molecule has 0 amide bonds. The van der Waals surface area contributed by atoms with Gasteiger partial charge in [0.2, 0.25) is 0 Å². The topological polar surface area (TPSA) is 67.8 Å². The van der Waals surface area contributed by atoms with E-state index in [0.717, 1.165) is 27.8 Å². The van der Waals surface area contributed by atoms with Crippen molar-refractivity contribution < 1.29 is 4.79 Å². The molecule has 0 spiro atoms. The van der Waals surface area contributed by atoms with Gasteiger partial charge in [0.15, 0.2) is 5.78 Å². The summed E-state index contributed by atoms with van der Waals surface area (Å²) in [7, 11) is 0. The summed E-state index contributed by atoms with van der Waals surface area (Å²) < 4.78 is 0. The van der Waals surface area contributed by atoms with Gasteiger partial charge in [-0.15, -0.1) is 0 Å². The normalized spacial score (nSPS) is 10.7. The standard InChI is InChI=1S/C21H16N4O/c1-14(26)15-6-8-17(9-7-15)19-12-20(24-13-23-19)25-21-18-5-3-2-4-16(18)10-11-22-21/h2-13H,1H3,(H,22,23,24,25). The number of aromatic nitrogens is 3. The van der Waals surface area contributed by atoms with E-state index in [1.54, 1.807) is 25.3 Å². The van der Waals surface area contributed by atoms with Crippen molar-refractivity contribution in [1.29, 1.82) is 0 Å². The maximum atomic E-state index is 11.4. The Bertz CT molecular complexity index is 1090. The zero-order valence-corrected chi connectivity index (χ0v) is 14.2. The molecule has 2 aromatic carbocycles. The predicted molar refractivity (Wildman–Crippen MR) is 102 cm³/mol. The number of pyridine rings is 1. The van der Waals surface area contributed by atoms with E-state index in [1.807, 2.05) is 48.5 Å². The van der Waals surface area contributed by atoms with Crippen molar-refractivity contribution in [3.05, 3.63) is 78.8 Å². The number of rotatable bonds is 4. The third-order valence-electron chi connectivity index (χ3n) is 4.17. The van der Waals surface area contributed by atoms with Crippen molar-refractivity contribution >= 4 is 28.2 Å². The first-order chi connectivity index (χ1) is 12.7. The minimum absolute atomic E-state index is 0.0450. The maximum absolute atomic E-state index is 11.4. The summed E-state index contributed by atoms with van der Waals surface area (Å²) in [5, 5.41) is 5.41. The largest absolute Gasteiger partial charge is 0.324 e. The van der Waals surface area contributed by atoms with Crippen molar-refractivity contribution in [2.24, 2.45) is 0 Å². The number of hydrogen-bond acceptors (Lipinski definition) is 5. The Hall–Kier alpha value is -3.60. The van der Waals surface area contributed by atoms with Gasteiger partial charge < -0.3 is 5.32 Å². The molecule has 4 aromatic rings. The number of carbonyl (C=O) groups is 1. The molecule has 126 valence electrons. The number of fused-ring (bicyclic) bond motifs is 1. The number of carbonyl (C=O) groups excluding carboxylic acids is 1. The second kappa shape index (κ2) is 6.72. The highest BCUT2D eigenvalue weighted by Crippen LogP contribution is 2.25.